The van der Waals surface area contributed by atoms with Gasteiger partial charge in [0.25, 0.3) is 0 Å². The maximum absolute atomic E-state index is 5.75. The van der Waals surface area contributed by atoms with Crippen LogP contribution in [0.3, 0.4) is 0 Å². The number of likely N-dealkylation sites (N-methyl/N-ethyl adjacent to an activating group) is 1. The van der Waals surface area contributed by atoms with E-state index in [9.17, 15) is 0 Å². The fraction of sp³-hybridized carbons (Fsp3) is 0.714. The van der Waals surface area contributed by atoms with Crippen LogP contribution in [0, 0.1) is 0 Å². The summed E-state index contributed by atoms with van der Waals surface area (Å²) in [7, 11) is 1.86. The van der Waals surface area contributed by atoms with E-state index in [-0.39, 0.29) is 5.60 Å². The third-order valence-electron chi connectivity index (χ3n) is 3.93. The predicted molar refractivity (Wildman–Crippen MR) is 81.4 cm³/mol. The summed E-state index contributed by atoms with van der Waals surface area (Å²) < 4.78 is 7.00. The average Bonchev–Trinajstić information content (AvgIpc) is 2.70. The smallest absolute Gasteiger partial charge is 0.0693 e. The zero-order valence-corrected chi connectivity index (χ0v) is 13.6. The minimum Gasteiger partial charge on any atom is -0.378 e. The normalized spacial score (nSPS) is 19.5. The van der Waals surface area contributed by atoms with Crippen LogP contribution < -0.4 is 5.32 Å². The second-order valence-electron chi connectivity index (χ2n) is 5.10. The molecule has 1 saturated carbocycles. The molecule has 0 bridgehead atoms. The molecular formula is C14H22BrNOS. The van der Waals surface area contributed by atoms with Gasteiger partial charge in [-0.1, -0.05) is 6.92 Å². The SMILES string of the molecule is CCNC(Cc1sccc1Br)CC1(OC)CCC1. The molecule has 102 valence electrons. The van der Waals surface area contributed by atoms with Crippen LogP contribution in [-0.2, 0) is 11.2 Å². The minimum absolute atomic E-state index is 0.149. The molecule has 1 heterocycles. The number of rotatable bonds is 7. The second-order valence-corrected chi connectivity index (χ2v) is 6.95. The third kappa shape index (κ3) is 3.35. The third-order valence-corrected chi connectivity index (χ3v) is 5.88. The van der Waals surface area contributed by atoms with E-state index in [2.05, 4.69) is 39.6 Å². The molecule has 4 heteroatoms. The Morgan fingerprint density at radius 3 is 2.78 bits per heavy atom. The molecular weight excluding hydrogens is 310 g/mol. The topological polar surface area (TPSA) is 21.3 Å². The number of nitrogens with one attached hydrogen (secondary N) is 1. The summed E-state index contributed by atoms with van der Waals surface area (Å²) in [4.78, 5) is 1.44. The van der Waals surface area contributed by atoms with Gasteiger partial charge in [0, 0.05) is 22.5 Å². The summed E-state index contributed by atoms with van der Waals surface area (Å²) in [6.07, 6.45) is 5.97. The molecule has 0 aromatic carbocycles. The van der Waals surface area contributed by atoms with Crippen LogP contribution in [-0.4, -0.2) is 25.3 Å². The first-order chi connectivity index (χ1) is 8.69. The van der Waals surface area contributed by atoms with Crippen LogP contribution in [0.2, 0.25) is 0 Å². The van der Waals surface area contributed by atoms with Crippen molar-refractivity contribution in [3.05, 3.63) is 20.8 Å². The molecule has 1 aromatic rings. The maximum atomic E-state index is 5.75. The summed E-state index contributed by atoms with van der Waals surface area (Å²) in [5, 5.41) is 5.76. The fourth-order valence-corrected chi connectivity index (χ4v) is 4.31. The molecule has 0 aliphatic heterocycles. The first-order valence-corrected chi connectivity index (χ1v) is 8.37. The predicted octanol–water partition coefficient (Wildman–Crippen LogP) is 3.99. The number of thiophene rings is 1. The molecule has 1 fully saturated rings. The highest BCUT2D eigenvalue weighted by Crippen LogP contribution is 2.39. The fourth-order valence-electron chi connectivity index (χ4n) is 2.71. The zero-order chi connectivity index (χ0) is 13.0. The standard InChI is InChI=1S/C14H22BrNOS/c1-3-16-11(9-13-12(15)5-8-18-13)10-14(17-2)6-4-7-14/h5,8,11,16H,3-4,6-7,9-10H2,1-2H3. The van der Waals surface area contributed by atoms with E-state index < -0.39 is 0 Å². The van der Waals surface area contributed by atoms with Crippen LogP contribution in [0.15, 0.2) is 15.9 Å². The molecule has 1 aliphatic carbocycles. The van der Waals surface area contributed by atoms with Crippen molar-refractivity contribution < 1.29 is 4.74 Å². The molecule has 0 spiro atoms. The van der Waals surface area contributed by atoms with Gasteiger partial charge in [-0.3, -0.25) is 0 Å². The first-order valence-electron chi connectivity index (χ1n) is 6.69. The lowest BCUT2D eigenvalue weighted by Gasteiger charge is -2.43. The van der Waals surface area contributed by atoms with Gasteiger partial charge in [0.2, 0.25) is 0 Å². The number of methoxy groups -OCH3 is 1. The summed E-state index contributed by atoms with van der Waals surface area (Å²) in [5.41, 5.74) is 0.149. The van der Waals surface area contributed by atoms with Crippen molar-refractivity contribution in [2.45, 2.75) is 50.7 Å². The average molecular weight is 332 g/mol. The molecule has 1 aliphatic rings. The highest BCUT2D eigenvalue weighted by molar-refractivity contribution is 9.10. The zero-order valence-electron chi connectivity index (χ0n) is 11.2. The molecule has 0 saturated heterocycles. The van der Waals surface area contributed by atoms with E-state index in [1.54, 1.807) is 0 Å². The van der Waals surface area contributed by atoms with Gasteiger partial charge in [0.15, 0.2) is 0 Å². The maximum Gasteiger partial charge on any atom is 0.0693 e. The molecule has 1 unspecified atom stereocenters. The van der Waals surface area contributed by atoms with Crippen molar-refractivity contribution in [2.75, 3.05) is 13.7 Å². The largest absolute Gasteiger partial charge is 0.378 e. The Hall–Kier alpha value is 0.1000. The van der Waals surface area contributed by atoms with Gasteiger partial charge in [-0.15, -0.1) is 11.3 Å². The molecule has 2 nitrogen and oxygen atoms in total. The number of halogens is 1. The van der Waals surface area contributed by atoms with E-state index in [1.807, 2.05) is 18.4 Å². The summed E-state index contributed by atoms with van der Waals surface area (Å²) in [6, 6.07) is 2.66. The number of hydrogen-bond acceptors (Lipinski definition) is 3. The van der Waals surface area contributed by atoms with Crippen molar-refractivity contribution in [3.63, 3.8) is 0 Å². The molecule has 0 amide bonds. The molecule has 1 N–H and O–H groups in total. The summed E-state index contributed by atoms with van der Waals surface area (Å²) in [6.45, 7) is 3.20. The molecule has 1 aromatic heterocycles. The van der Waals surface area contributed by atoms with Crippen molar-refractivity contribution in [1.82, 2.24) is 5.32 Å². The van der Waals surface area contributed by atoms with Crippen molar-refractivity contribution in [3.8, 4) is 0 Å². The van der Waals surface area contributed by atoms with Crippen molar-refractivity contribution in [2.24, 2.45) is 0 Å². The van der Waals surface area contributed by atoms with Gasteiger partial charge in [0.05, 0.1) is 5.60 Å². The Morgan fingerprint density at radius 1 is 1.56 bits per heavy atom. The van der Waals surface area contributed by atoms with Crippen LogP contribution in [0.5, 0.6) is 0 Å². The lowest BCUT2D eigenvalue weighted by atomic mass is 9.75. The number of hydrogen-bond donors (Lipinski definition) is 1. The van der Waals surface area contributed by atoms with E-state index in [1.165, 1.54) is 28.6 Å². The van der Waals surface area contributed by atoms with E-state index in [4.69, 9.17) is 4.74 Å². The Kier molecular flexibility index (Phi) is 5.24. The van der Waals surface area contributed by atoms with E-state index in [0.717, 1.165) is 19.4 Å². The quantitative estimate of drug-likeness (QED) is 0.815. The van der Waals surface area contributed by atoms with Gasteiger partial charge in [-0.2, -0.15) is 0 Å². The van der Waals surface area contributed by atoms with Gasteiger partial charge in [-0.25, -0.2) is 0 Å². The monoisotopic (exact) mass is 331 g/mol. The van der Waals surface area contributed by atoms with Gasteiger partial charge < -0.3 is 10.1 Å². The first kappa shape index (κ1) is 14.5. The van der Waals surface area contributed by atoms with Crippen LogP contribution >= 0.6 is 27.3 Å². The Balaban J connectivity index is 1.97. The van der Waals surface area contributed by atoms with E-state index in [0.29, 0.717) is 6.04 Å². The molecule has 18 heavy (non-hydrogen) atoms. The minimum atomic E-state index is 0.149. The molecule has 1 atom stereocenters. The van der Waals surface area contributed by atoms with Gasteiger partial charge in [-0.05, 0) is 66.0 Å². The summed E-state index contributed by atoms with van der Waals surface area (Å²) in [5.74, 6) is 0. The van der Waals surface area contributed by atoms with Gasteiger partial charge >= 0.3 is 0 Å². The lowest BCUT2D eigenvalue weighted by molar-refractivity contribution is -0.0833. The highest BCUT2D eigenvalue weighted by Gasteiger charge is 2.38. The molecule has 0 radical (unpaired) electrons. The Bertz CT molecular complexity index is 370. The molecule has 2 rings (SSSR count). The number of ether oxygens (including phenoxy) is 1. The summed E-state index contributed by atoms with van der Waals surface area (Å²) >= 11 is 5.46. The second kappa shape index (κ2) is 6.51. The highest BCUT2D eigenvalue weighted by atomic mass is 79.9. The Morgan fingerprint density at radius 2 is 2.33 bits per heavy atom. The van der Waals surface area contributed by atoms with Crippen molar-refractivity contribution in [1.29, 1.82) is 0 Å². The Labute approximate surface area is 122 Å². The van der Waals surface area contributed by atoms with E-state index >= 15 is 0 Å². The van der Waals surface area contributed by atoms with Gasteiger partial charge in [0.1, 0.15) is 0 Å². The lowest BCUT2D eigenvalue weighted by Crippen LogP contribution is -2.46. The van der Waals surface area contributed by atoms with Crippen molar-refractivity contribution >= 4 is 27.3 Å². The van der Waals surface area contributed by atoms with Crippen LogP contribution in [0.4, 0.5) is 0 Å². The van der Waals surface area contributed by atoms with Crippen LogP contribution in [0.25, 0.3) is 0 Å². The van der Waals surface area contributed by atoms with Crippen LogP contribution in [0.1, 0.15) is 37.5 Å².